The number of aromatic nitrogens is 5. The number of nitrogens with two attached hydrogens (primary N) is 1. The highest BCUT2D eigenvalue weighted by Gasteiger charge is 2.24. The second-order valence-electron chi connectivity index (χ2n) is 8.25. The minimum absolute atomic E-state index is 0.0135. The van der Waals surface area contributed by atoms with Crippen molar-refractivity contribution < 1.29 is 13.9 Å². The number of ketones is 1. The summed E-state index contributed by atoms with van der Waals surface area (Å²) in [6.07, 6.45) is 7.57. The van der Waals surface area contributed by atoms with Crippen LogP contribution in [0.1, 0.15) is 29.0 Å². The lowest BCUT2D eigenvalue weighted by Gasteiger charge is -2.29. The number of fused-ring (bicyclic) bond motifs is 1. The smallest absolute Gasteiger partial charge is 0.247 e. The Balaban J connectivity index is 1.51. The van der Waals surface area contributed by atoms with E-state index in [1.54, 1.807) is 6.20 Å². The number of ether oxygens (including phenoxy) is 1. The molecule has 0 saturated carbocycles. The van der Waals surface area contributed by atoms with Crippen molar-refractivity contribution in [3.05, 3.63) is 48.4 Å². The molecule has 10 heteroatoms. The van der Waals surface area contributed by atoms with Crippen molar-refractivity contribution >= 4 is 17.2 Å². The first-order valence-corrected chi connectivity index (χ1v) is 10.8. The van der Waals surface area contributed by atoms with Crippen LogP contribution in [0.25, 0.3) is 28.5 Å². The molecular weight excluding hydrogens is 422 g/mol. The Morgan fingerprint density at radius 1 is 1.24 bits per heavy atom. The van der Waals surface area contributed by atoms with Gasteiger partial charge in [-0.1, -0.05) is 0 Å². The standard InChI is InChI=1S/C23H25N7O3/c1-14-11-26-18-6-3-15(12-30(14)18)19-21(23-25-7-9-33-23)28-22(24)20(27-19)17(31)5-4-16-13-29(2)8-10-32-16/h3,6-7,9,11-12,16H,4-5,8,10,13H2,1-2H3,(H2,24,28). The summed E-state index contributed by atoms with van der Waals surface area (Å²) in [5.41, 5.74) is 9.71. The molecule has 10 nitrogen and oxygen atoms in total. The summed E-state index contributed by atoms with van der Waals surface area (Å²) in [6, 6.07) is 3.77. The summed E-state index contributed by atoms with van der Waals surface area (Å²) in [5.74, 6) is 0.166. The number of rotatable bonds is 6. The number of anilines is 1. The van der Waals surface area contributed by atoms with E-state index in [1.165, 1.54) is 12.5 Å². The highest BCUT2D eigenvalue weighted by atomic mass is 16.5. The lowest BCUT2D eigenvalue weighted by molar-refractivity contribution is -0.0233. The van der Waals surface area contributed by atoms with Gasteiger partial charge in [0.2, 0.25) is 5.89 Å². The minimum atomic E-state index is -0.170. The van der Waals surface area contributed by atoms with E-state index in [-0.39, 0.29) is 35.7 Å². The summed E-state index contributed by atoms with van der Waals surface area (Å²) in [6.45, 7) is 4.33. The summed E-state index contributed by atoms with van der Waals surface area (Å²) < 4.78 is 13.2. The van der Waals surface area contributed by atoms with Gasteiger partial charge >= 0.3 is 0 Å². The number of pyridine rings is 1. The number of hydrogen-bond donors (Lipinski definition) is 1. The van der Waals surface area contributed by atoms with Gasteiger partial charge in [-0.2, -0.15) is 0 Å². The maximum atomic E-state index is 13.1. The molecule has 2 N–H and O–H groups in total. The fourth-order valence-corrected chi connectivity index (χ4v) is 4.04. The van der Waals surface area contributed by atoms with Crippen molar-refractivity contribution in [2.24, 2.45) is 0 Å². The SMILES string of the molecule is Cc1cnc2ccc(-c3nc(C(=O)CCC4CN(C)CCO4)c(N)nc3-c3ncco3)cn12. The summed E-state index contributed by atoms with van der Waals surface area (Å²) >= 11 is 0. The Bertz CT molecular complexity index is 1300. The highest BCUT2D eigenvalue weighted by Crippen LogP contribution is 2.31. The van der Waals surface area contributed by atoms with Crippen LogP contribution in [0.2, 0.25) is 0 Å². The van der Waals surface area contributed by atoms with E-state index < -0.39 is 0 Å². The molecular formula is C23H25N7O3. The lowest BCUT2D eigenvalue weighted by atomic mass is 10.1. The van der Waals surface area contributed by atoms with Gasteiger partial charge in [-0.3, -0.25) is 4.79 Å². The first-order valence-electron chi connectivity index (χ1n) is 10.8. The summed E-state index contributed by atoms with van der Waals surface area (Å²) in [5, 5.41) is 0. The van der Waals surface area contributed by atoms with Crippen LogP contribution < -0.4 is 5.73 Å². The number of carbonyl (C=O) groups excluding carboxylic acids is 1. The Morgan fingerprint density at radius 3 is 2.91 bits per heavy atom. The van der Waals surface area contributed by atoms with Crippen LogP contribution in [0, 0.1) is 6.92 Å². The van der Waals surface area contributed by atoms with E-state index >= 15 is 0 Å². The van der Waals surface area contributed by atoms with Crippen molar-refractivity contribution in [2.45, 2.75) is 25.9 Å². The van der Waals surface area contributed by atoms with Crippen molar-refractivity contribution in [3.63, 3.8) is 0 Å². The first kappa shape index (κ1) is 21.2. The van der Waals surface area contributed by atoms with Crippen molar-refractivity contribution in [1.82, 2.24) is 29.2 Å². The van der Waals surface area contributed by atoms with E-state index in [0.29, 0.717) is 24.4 Å². The zero-order valence-electron chi connectivity index (χ0n) is 18.6. The van der Waals surface area contributed by atoms with Crippen molar-refractivity contribution in [1.29, 1.82) is 0 Å². The maximum absolute atomic E-state index is 13.1. The first-order chi connectivity index (χ1) is 16.0. The molecule has 1 unspecified atom stereocenters. The van der Waals surface area contributed by atoms with Gasteiger partial charge in [0, 0.05) is 43.2 Å². The van der Waals surface area contributed by atoms with E-state index in [9.17, 15) is 4.79 Å². The number of Topliss-reactive ketones (excluding diaryl/α,β-unsaturated/α-hetero) is 1. The molecule has 0 radical (unpaired) electrons. The average molecular weight is 447 g/mol. The molecule has 1 aliphatic rings. The number of hydrogen-bond acceptors (Lipinski definition) is 9. The van der Waals surface area contributed by atoms with Gasteiger partial charge in [0.25, 0.3) is 0 Å². The van der Waals surface area contributed by atoms with Gasteiger partial charge in [-0.05, 0) is 32.5 Å². The average Bonchev–Trinajstić information content (AvgIpc) is 3.47. The maximum Gasteiger partial charge on any atom is 0.247 e. The quantitative estimate of drug-likeness (QED) is 0.444. The Labute approximate surface area is 190 Å². The molecule has 0 spiro atoms. The molecule has 5 rings (SSSR count). The molecule has 5 heterocycles. The number of morpholine rings is 1. The molecule has 1 aliphatic heterocycles. The van der Waals surface area contributed by atoms with E-state index in [0.717, 1.165) is 30.0 Å². The number of nitrogen functional groups attached to an aromatic ring is 1. The Morgan fingerprint density at radius 2 is 2.12 bits per heavy atom. The largest absolute Gasteiger partial charge is 0.443 e. The summed E-state index contributed by atoms with van der Waals surface area (Å²) in [7, 11) is 2.05. The normalized spacial score (nSPS) is 17.0. The third-order valence-electron chi connectivity index (χ3n) is 5.82. The number of oxazole rings is 1. The summed E-state index contributed by atoms with van der Waals surface area (Å²) in [4.78, 5) is 33.0. The fraction of sp³-hybridized carbons (Fsp3) is 0.348. The lowest BCUT2D eigenvalue weighted by Crippen LogP contribution is -2.40. The Hall–Kier alpha value is -3.63. The second kappa shape index (κ2) is 8.72. The molecule has 170 valence electrons. The Kier molecular flexibility index (Phi) is 5.61. The van der Waals surface area contributed by atoms with Crippen LogP contribution in [0.5, 0.6) is 0 Å². The van der Waals surface area contributed by atoms with Crippen LogP contribution in [0.15, 0.2) is 41.4 Å². The number of likely N-dealkylation sites (N-methyl/N-ethyl adjacent to an activating group) is 1. The van der Waals surface area contributed by atoms with E-state index in [4.69, 9.17) is 14.9 Å². The number of carbonyl (C=O) groups is 1. The van der Waals surface area contributed by atoms with Gasteiger partial charge in [0.15, 0.2) is 17.3 Å². The molecule has 0 aliphatic carbocycles. The van der Waals surface area contributed by atoms with Crippen molar-refractivity contribution in [3.8, 4) is 22.8 Å². The highest BCUT2D eigenvalue weighted by molar-refractivity contribution is 5.99. The van der Waals surface area contributed by atoms with E-state index in [1.807, 2.05) is 36.7 Å². The minimum Gasteiger partial charge on any atom is -0.443 e. The number of imidazole rings is 1. The predicted octanol–water partition coefficient (Wildman–Crippen LogP) is 2.63. The molecule has 33 heavy (non-hydrogen) atoms. The van der Waals surface area contributed by atoms with Crippen LogP contribution in [0.4, 0.5) is 5.82 Å². The van der Waals surface area contributed by atoms with Gasteiger partial charge in [0.1, 0.15) is 23.3 Å². The van der Waals surface area contributed by atoms with Gasteiger partial charge in [-0.25, -0.2) is 19.9 Å². The molecule has 0 bridgehead atoms. The third-order valence-corrected chi connectivity index (χ3v) is 5.82. The van der Waals surface area contributed by atoms with E-state index in [2.05, 4.69) is 24.8 Å². The van der Waals surface area contributed by atoms with Crippen molar-refractivity contribution in [2.75, 3.05) is 32.5 Å². The molecule has 0 aromatic carbocycles. The van der Waals surface area contributed by atoms with Gasteiger partial charge in [-0.15, -0.1) is 0 Å². The topological polar surface area (TPSA) is 125 Å². The fourth-order valence-electron chi connectivity index (χ4n) is 4.04. The van der Waals surface area contributed by atoms with Crippen LogP contribution in [-0.4, -0.2) is 67.9 Å². The monoisotopic (exact) mass is 447 g/mol. The zero-order chi connectivity index (χ0) is 22.9. The third kappa shape index (κ3) is 4.22. The van der Waals surface area contributed by atoms with Gasteiger partial charge < -0.3 is 24.2 Å². The van der Waals surface area contributed by atoms with Gasteiger partial charge in [0.05, 0.1) is 18.9 Å². The molecule has 4 aromatic rings. The predicted molar refractivity (Wildman–Crippen MR) is 122 cm³/mol. The number of nitrogens with zero attached hydrogens (tertiary/aromatic N) is 6. The van der Waals surface area contributed by atoms with Crippen LogP contribution >= 0.6 is 0 Å². The molecule has 0 amide bonds. The molecule has 1 fully saturated rings. The molecule has 1 atom stereocenters. The zero-order valence-corrected chi connectivity index (χ0v) is 18.6. The number of aryl methyl sites for hydroxylation is 1. The molecule has 1 saturated heterocycles. The molecule has 4 aromatic heterocycles. The van der Waals surface area contributed by atoms with Crippen LogP contribution in [-0.2, 0) is 4.74 Å². The second-order valence-corrected chi connectivity index (χ2v) is 8.25. The van der Waals surface area contributed by atoms with Crippen LogP contribution in [0.3, 0.4) is 0 Å².